The van der Waals surface area contributed by atoms with Crippen LogP contribution in [0.1, 0.15) is 38.3 Å². The van der Waals surface area contributed by atoms with Gasteiger partial charge in [0.15, 0.2) is 0 Å². The molecule has 4 nitrogen and oxygen atoms in total. The second-order valence-corrected chi connectivity index (χ2v) is 3.15. The predicted octanol–water partition coefficient (Wildman–Crippen LogP) is 2.33. The van der Waals surface area contributed by atoms with Crippen LogP contribution in [0, 0.1) is 6.92 Å². The zero-order valence-electron chi connectivity index (χ0n) is 8.20. The summed E-state index contributed by atoms with van der Waals surface area (Å²) in [5.41, 5.74) is -1.49. The quantitative estimate of drug-likeness (QED) is 0.835. The van der Waals surface area contributed by atoms with Crippen LogP contribution in [-0.4, -0.2) is 22.2 Å². The molecule has 0 atom stereocenters. The Morgan fingerprint density at radius 3 is 1.75 bits per heavy atom. The van der Waals surface area contributed by atoms with Gasteiger partial charge in [0, 0.05) is 5.56 Å². The number of alkyl halides is 2. The third-order valence-electron chi connectivity index (χ3n) is 2.14. The molecule has 0 unspecified atom stereocenters. The van der Waals surface area contributed by atoms with E-state index in [1.165, 1.54) is 6.92 Å². The molecular formula is C10H8F2O4. The summed E-state index contributed by atoms with van der Waals surface area (Å²) in [5, 5.41) is 17.5. The minimum atomic E-state index is -2.91. The molecule has 6 heteroatoms. The lowest BCUT2D eigenvalue weighted by atomic mass is 9.99. The van der Waals surface area contributed by atoms with E-state index in [-0.39, 0.29) is 5.56 Å². The number of carboxylic acid groups (broad SMARTS) is 2. The van der Waals surface area contributed by atoms with Crippen LogP contribution in [0.5, 0.6) is 0 Å². The van der Waals surface area contributed by atoms with Crippen LogP contribution in [0.3, 0.4) is 0 Å². The topological polar surface area (TPSA) is 74.6 Å². The van der Waals surface area contributed by atoms with E-state index in [0.29, 0.717) is 0 Å². The minimum absolute atomic E-state index is 0.0376. The summed E-state index contributed by atoms with van der Waals surface area (Å²) in [7, 11) is 0. The smallest absolute Gasteiger partial charge is 0.335 e. The Morgan fingerprint density at radius 2 is 1.50 bits per heavy atom. The molecule has 0 saturated heterocycles. The molecule has 0 aliphatic rings. The van der Waals surface area contributed by atoms with Crippen LogP contribution < -0.4 is 0 Å². The number of halogens is 2. The van der Waals surface area contributed by atoms with Crippen molar-refractivity contribution in [2.24, 2.45) is 0 Å². The molecule has 0 amide bonds. The third kappa shape index (κ3) is 2.16. The van der Waals surface area contributed by atoms with Crippen LogP contribution in [0.25, 0.3) is 0 Å². The largest absolute Gasteiger partial charge is 0.478 e. The molecule has 1 aromatic rings. The van der Waals surface area contributed by atoms with Gasteiger partial charge >= 0.3 is 11.9 Å². The van der Waals surface area contributed by atoms with Crippen LogP contribution in [0.4, 0.5) is 8.78 Å². The Bertz CT molecular complexity index is 419. The first-order valence-corrected chi connectivity index (χ1v) is 4.24. The summed E-state index contributed by atoms with van der Waals surface area (Å²) in [6.07, 6.45) is -2.91. The molecule has 0 heterocycles. The van der Waals surface area contributed by atoms with Crippen molar-refractivity contribution < 1.29 is 28.6 Å². The van der Waals surface area contributed by atoms with Crippen molar-refractivity contribution in [2.75, 3.05) is 0 Å². The van der Waals surface area contributed by atoms with Gasteiger partial charge in [0.1, 0.15) is 0 Å². The molecule has 0 bridgehead atoms. The Morgan fingerprint density at radius 1 is 1.12 bits per heavy atom. The maximum atomic E-state index is 12.4. The van der Waals surface area contributed by atoms with Crippen molar-refractivity contribution >= 4 is 11.9 Å². The highest BCUT2D eigenvalue weighted by Gasteiger charge is 2.20. The van der Waals surface area contributed by atoms with Crippen LogP contribution in [0.2, 0.25) is 0 Å². The Balaban J connectivity index is 3.51. The predicted molar refractivity (Wildman–Crippen MR) is 50.1 cm³/mol. The summed E-state index contributed by atoms with van der Waals surface area (Å²) in [6, 6.07) is 1.57. The van der Waals surface area contributed by atoms with E-state index in [1.807, 2.05) is 0 Å². The maximum Gasteiger partial charge on any atom is 0.335 e. The van der Waals surface area contributed by atoms with Gasteiger partial charge in [-0.15, -0.1) is 0 Å². The van der Waals surface area contributed by atoms with Crippen molar-refractivity contribution in [3.8, 4) is 0 Å². The average molecular weight is 230 g/mol. The van der Waals surface area contributed by atoms with E-state index in [9.17, 15) is 18.4 Å². The number of carbonyl (C=O) groups is 2. The van der Waals surface area contributed by atoms with Gasteiger partial charge in [-0.2, -0.15) is 0 Å². The van der Waals surface area contributed by atoms with Gasteiger partial charge in [-0.25, -0.2) is 18.4 Å². The first-order chi connectivity index (χ1) is 7.34. The maximum absolute atomic E-state index is 12.4. The summed E-state index contributed by atoms with van der Waals surface area (Å²) >= 11 is 0. The highest BCUT2D eigenvalue weighted by Crippen LogP contribution is 2.25. The zero-order valence-corrected chi connectivity index (χ0v) is 8.20. The lowest BCUT2D eigenvalue weighted by molar-refractivity contribution is 0.0695. The molecule has 2 N–H and O–H groups in total. The van der Waals surface area contributed by atoms with E-state index >= 15 is 0 Å². The van der Waals surface area contributed by atoms with Crippen molar-refractivity contribution in [3.63, 3.8) is 0 Å². The van der Waals surface area contributed by atoms with E-state index < -0.39 is 35.1 Å². The molecule has 0 saturated carbocycles. The Kier molecular flexibility index (Phi) is 3.22. The van der Waals surface area contributed by atoms with E-state index in [4.69, 9.17) is 10.2 Å². The number of carboxylic acids is 2. The highest BCUT2D eigenvalue weighted by molar-refractivity contribution is 5.96. The van der Waals surface area contributed by atoms with Crippen LogP contribution in [0.15, 0.2) is 12.1 Å². The molecule has 0 aliphatic heterocycles. The van der Waals surface area contributed by atoms with Crippen molar-refractivity contribution in [1.82, 2.24) is 0 Å². The Hall–Kier alpha value is -1.98. The Labute approximate surface area is 89.1 Å². The second-order valence-electron chi connectivity index (χ2n) is 3.15. The van der Waals surface area contributed by atoms with E-state index in [2.05, 4.69) is 0 Å². The molecule has 86 valence electrons. The van der Waals surface area contributed by atoms with Gasteiger partial charge in [0.05, 0.1) is 11.1 Å². The molecule has 1 aromatic carbocycles. The first kappa shape index (κ1) is 12.1. The summed E-state index contributed by atoms with van der Waals surface area (Å²) < 4.78 is 24.8. The summed E-state index contributed by atoms with van der Waals surface area (Å²) in [5.74, 6) is -2.86. The van der Waals surface area contributed by atoms with Gasteiger partial charge < -0.3 is 10.2 Å². The monoisotopic (exact) mass is 230 g/mol. The van der Waals surface area contributed by atoms with E-state index in [1.54, 1.807) is 0 Å². The summed E-state index contributed by atoms with van der Waals surface area (Å²) in [6.45, 7) is 1.27. The SMILES string of the molecule is Cc1c(C(=O)O)cc(C(F)F)cc1C(=O)O. The van der Waals surface area contributed by atoms with Crippen molar-refractivity contribution in [1.29, 1.82) is 0 Å². The van der Waals surface area contributed by atoms with Gasteiger partial charge in [-0.05, 0) is 24.6 Å². The third-order valence-corrected chi connectivity index (χ3v) is 2.14. The van der Waals surface area contributed by atoms with Gasteiger partial charge in [-0.1, -0.05) is 0 Å². The van der Waals surface area contributed by atoms with Gasteiger partial charge in [0.2, 0.25) is 0 Å². The fourth-order valence-corrected chi connectivity index (χ4v) is 1.31. The number of benzene rings is 1. The summed E-state index contributed by atoms with van der Waals surface area (Å²) in [4.78, 5) is 21.5. The molecule has 0 aliphatic carbocycles. The molecular weight excluding hydrogens is 222 g/mol. The van der Waals surface area contributed by atoms with Crippen LogP contribution in [-0.2, 0) is 0 Å². The number of hydrogen-bond donors (Lipinski definition) is 2. The van der Waals surface area contributed by atoms with Gasteiger partial charge in [0.25, 0.3) is 6.43 Å². The molecule has 0 aromatic heterocycles. The van der Waals surface area contributed by atoms with Crippen molar-refractivity contribution in [2.45, 2.75) is 13.3 Å². The van der Waals surface area contributed by atoms with Crippen molar-refractivity contribution in [3.05, 3.63) is 34.4 Å². The number of rotatable bonds is 3. The minimum Gasteiger partial charge on any atom is -0.478 e. The fraction of sp³-hybridized carbons (Fsp3) is 0.200. The lowest BCUT2D eigenvalue weighted by Crippen LogP contribution is -2.08. The molecule has 0 fully saturated rings. The standard InChI is InChI=1S/C10H8F2O4/c1-4-6(9(13)14)2-5(8(11)12)3-7(4)10(15)16/h2-3,8H,1H3,(H,13,14)(H,15,16). The number of hydrogen-bond acceptors (Lipinski definition) is 2. The molecule has 0 radical (unpaired) electrons. The van der Waals surface area contributed by atoms with E-state index in [0.717, 1.165) is 12.1 Å². The highest BCUT2D eigenvalue weighted by atomic mass is 19.3. The molecule has 0 spiro atoms. The number of aromatic carboxylic acids is 2. The lowest BCUT2D eigenvalue weighted by Gasteiger charge is -2.08. The zero-order chi connectivity index (χ0) is 12.5. The first-order valence-electron chi connectivity index (χ1n) is 4.24. The second kappa shape index (κ2) is 4.26. The molecule has 16 heavy (non-hydrogen) atoms. The molecule has 1 rings (SSSR count). The fourth-order valence-electron chi connectivity index (χ4n) is 1.31. The average Bonchev–Trinajstić information content (AvgIpc) is 2.16. The van der Waals surface area contributed by atoms with Gasteiger partial charge in [-0.3, -0.25) is 0 Å². The normalized spacial score (nSPS) is 10.5. The van der Waals surface area contributed by atoms with Crippen LogP contribution >= 0.6 is 0 Å².